The van der Waals surface area contributed by atoms with Gasteiger partial charge in [-0.15, -0.1) is 0 Å². The Balaban J connectivity index is 1.58. The molecule has 1 saturated carbocycles. The van der Waals surface area contributed by atoms with Gasteiger partial charge < -0.3 is 9.47 Å². The Kier molecular flexibility index (Phi) is 7.62. The van der Waals surface area contributed by atoms with Crippen LogP contribution in [0.5, 0.6) is 11.5 Å². The second-order valence-corrected chi connectivity index (χ2v) is 7.95. The van der Waals surface area contributed by atoms with E-state index in [1.54, 1.807) is 12.1 Å². The fraction of sp³-hybridized carbons (Fsp3) is 0.500. The van der Waals surface area contributed by atoms with Gasteiger partial charge in [-0.2, -0.15) is 17.6 Å². The first kappa shape index (κ1) is 22.4. The molecular formula is C24H28F4O2. The van der Waals surface area contributed by atoms with E-state index in [1.165, 1.54) is 56.4 Å². The molecule has 0 heterocycles. The van der Waals surface area contributed by atoms with Crippen LogP contribution in [0, 0.1) is 5.92 Å². The van der Waals surface area contributed by atoms with Crippen molar-refractivity contribution in [2.75, 3.05) is 0 Å². The van der Waals surface area contributed by atoms with Gasteiger partial charge in [0.05, 0.1) is 5.56 Å². The number of rotatable bonds is 9. The molecule has 0 radical (unpaired) electrons. The van der Waals surface area contributed by atoms with E-state index >= 15 is 0 Å². The summed E-state index contributed by atoms with van der Waals surface area (Å²) in [5.41, 5.74) is 0.854. The van der Waals surface area contributed by atoms with Crippen LogP contribution in [-0.2, 0) is 6.11 Å². The molecule has 164 valence electrons. The van der Waals surface area contributed by atoms with E-state index in [1.807, 2.05) is 0 Å². The average molecular weight is 424 g/mol. The van der Waals surface area contributed by atoms with Crippen LogP contribution in [0.25, 0.3) is 0 Å². The Hall–Kier alpha value is -2.24. The number of ether oxygens (including phenoxy) is 2. The molecule has 0 saturated heterocycles. The van der Waals surface area contributed by atoms with Gasteiger partial charge in [0.25, 0.3) is 0 Å². The molecule has 6 heteroatoms. The summed E-state index contributed by atoms with van der Waals surface area (Å²) in [6.45, 7) is -0.757. The number of hydrogen-bond donors (Lipinski definition) is 0. The van der Waals surface area contributed by atoms with Gasteiger partial charge in [-0.25, -0.2) is 0 Å². The second kappa shape index (κ2) is 10.2. The topological polar surface area (TPSA) is 18.5 Å². The normalized spacial score (nSPS) is 19.7. The van der Waals surface area contributed by atoms with Crippen LogP contribution < -0.4 is 9.47 Å². The van der Waals surface area contributed by atoms with E-state index < -0.39 is 12.7 Å². The summed E-state index contributed by atoms with van der Waals surface area (Å²) in [5.74, 6) is 0.982. The molecule has 1 fully saturated rings. The minimum atomic E-state index is -3.53. The van der Waals surface area contributed by atoms with Crippen LogP contribution in [-0.4, -0.2) is 6.61 Å². The van der Waals surface area contributed by atoms with Gasteiger partial charge in [0.1, 0.15) is 11.5 Å². The van der Waals surface area contributed by atoms with Crippen LogP contribution in [0.3, 0.4) is 0 Å². The Morgan fingerprint density at radius 1 is 0.900 bits per heavy atom. The molecule has 0 atom stereocenters. The van der Waals surface area contributed by atoms with Gasteiger partial charge in [-0.3, -0.25) is 0 Å². The summed E-state index contributed by atoms with van der Waals surface area (Å²) in [5, 5.41) is 0. The molecule has 30 heavy (non-hydrogen) atoms. The largest absolute Gasteiger partial charge is 0.435 e. The zero-order chi connectivity index (χ0) is 21.6. The fourth-order valence-electron chi connectivity index (χ4n) is 4.12. The molecule has 3 rings (SSSR count). The van der Waals surface area contributed by atoms with Crippen molar-refractivity contribution in [1.29, 1.82) is 0 Å². The van der Waals surface area contributed by atoms with Gasteiger partial charge >= 0.3 is 12.7 Å². The first-order valence-electron chi connectivity index (χ1n) is 10.6. The van der Waals surface area contributed by atoms with Crippen molar-refractivity contribution >= 4 is 0 Å². The van der Waals surface area contributed by atoms with Gasteiger partial charge in [0, 0.05) is 0 Å². The number of alkyl halides is 4. The quantitative estimate of drug-likeness (QED) is 0.381. The lowest BCUT2D eigenvalue weighted by atomic mass is 9.77. The summed E-state index contributed by atoms with van der Waals surface area (Å²) in [6, 6.07) is 11.0. The molecular weight excluding hydrogens is 396 g/mol. The van der Waals surface area contributed by atoms with Crippen molar-refractivity contribution in [2.45, 2.75) is 70.5 Å². The van der Waals surface area contributed by atoms with E-state index in [2.05, 4.69) is 11.7 Å². The minimum absolute atomic E-state index is 0.116. The predicted molar refractivity (Wildman–Crippen MR) is 108 cm³/mol. The molecule has 0 N–H and O–H groups in total. The highest BCUT2D eigenvalue weighted by Gasteiger charge is 2.35. The summed E-state index contributed by atoms with van der Waals surface area (Å²) < 4.78 is 62.4. The minimum Gasteiger partial charge on any atom is -0.435 e. The monoisotopic (exact) mass is 424 g/mol. The van der Waals surface area contributed by atoms with E-state index in [0.717, 1.165) is 36.5 Å². The Morgan fingerprint density at radius 3 is 2.07 bits per heavy atom. The Morgan fingerprint density at radius 2 is 1.50 bits per heavy atom. The zero-order valence-electron chi connectivity index (χ0n) is 17.1. The molecule has 0 bridgehead atoms. The second-order valence-electron chi connectivity index (χ2n) is 7.95. The fourth-order valence-corrected chi connectivity index (χ4v) is 4.12. The third-order valence-electron chi connectivity index (χ3n) is 5.83. The first-order valence-corrected chi connectivity index (χ1v) is 10.6. The highest BCUT2D eigenvalue weighted by Crippen LogP contribution is 2.39. The van der Waals surface area contributed by atoms with Crippen molar-refractivity contribution in [3.05, 3.63) is 59.7 Å². The van der Waals surface area contributed by atoms with Gasteiger partial charge in [-0.1, -0.05) is 38.3 Å². The molecule has 2 aromatic rings. The standard InChI is InChI=1S/C24H28F4O2/c1-2-3-4-17-5-7-18(8-6-17)19-9-11-20(12-10-19)24(27,28)30-22-15-13-21(14-16-22)29-23(25)26/h9-18,23H,2-8H2,1H3. The van der Waals surface area contributed by atoms with Gasteiger partial charge in [0.2, 0.25) is 0 Å². The summed E-state index contributed by atoms with van der Waals surface area (Å²) >= 11 is 0. The van der Waals surface area contributed by atoms with Crippen LogP contribution in [0.2, 0.25) is 0 Å². The molecule has 2 aromatic carbocycles. The van der Waals surface area contributed by atoms with Crippen LogP contribution in [0.4, 0.5) is 17.6 Å². The Labute approximate surface area is 175 Å². The predicted octanol–water partition coefficient (Wildman–Crippen LogP) is 7.88. The molecule has 2 nitrogen and oxygen atoms in total. The molecule has 1 aliphatic carbocycles. The van der Waals surface area contributed by atoms with Gasteiger partial charge in [0.15, 0.2) is 0 Å². The lowest BCUT2D eigenvalue weighted by Crippen LogP contribution is -2.22. The third kappa shape index (κ3) is 6.13. The number of halogens is 4. The molecule has 0 aliphatic heterocycles. The first-order chi connectivity index (χ1) is 14.4. The highest BCUT2D eigenvalue weighted by atomic mass is 19.3. The summed E-state index contributed by atoms with van der Waals surface area (Å²) in [6.07, 6.45) is 4.89. The lowest BCUT2D eigenvalue weighted by Gasteiger charge is -2.29. The van der Waals surface area contributed by atoms with Crippen LogP contribution in [0.15, 0.2) is 48.5 Å². The van der Waals surface area contributed by atoms with Gasteiger partial charge in [-0.05, 0) is 79.5 Å². The highest BCUT2D eigenvalue weighted by molar-refractivity contribution is 5.33. The van der Waals surface area contributed by atoms with Crippen LogP contribution in [0.1, 0.15) is 68.9 Å². The molecule has 0 amide bonds. The van der Waals surface area contributed by atoms with Crippen molar-refractivity contribution in [2.24, 2.45) is 5.92 Å². The smallest absolute Gasteiger partial charge is 0.426 e. The summed E-state index contributed by atoms with van der Waals surface area (Å²) in [7, 11) is 0. The van der Waals surface area contributed by atoms with Crippen molar-refractivity contribution in [3.63, 3.8) is 0 Å². The molecule has 0 unspecified atom stereocenters. The summed E-state index contributed by atoms with van der Waals surface area (Å²) in [4.78, 5) is 0. The molecule has 1 aliphatic rings. The maximum atomic E-state index is 14.5. The number of hydrogen-bond acceptors (Lipinski definition) is 2. The van der Waals surface area contributed by atoms with E-state index in [-0.39, 0.29) is 17.1 Å². The van der Waals surface area contributed by atoms with Crippen molar-refractivity contribution < 1.29 is 27.0 Å². The van der Waals surface area contributed by atoms with E-state index in [9.17, 15) is 17.6 Å². The number of benzene rings is 2. The Bertz CT molecular complexity index is 767. The lowest BCUT2D eigenvalue weighted by molar-refractivity contribution is -0.185. The third-order valence-corrected chi connectivity index (χ3v) is 5.83. The average Bonchev–Trinajstić information content (AvgIpc) is 2.73. The molecule has 0 spiro atoms. The maximum absolute atomic E-state index is 14.5. The van der Waals surface area contributed by atoms with E-state index in [0.29, 0.717) is 5.92 Å². The molecule has 0 aromatic heterocycles. The SMILES string of the molecule is CCCCC1CCC(c2ccc(C(F)(F)Oc3ccc(OC(F)F)cc3)cc2)CC1. The maximum Gasteiger partial charge on any atom is 0.426 e. The van der Waals surface area contributed by atoms with Crippen molar-refractivity contribution in [3.8, 4) is 11.5 Å². The zero-order valence-corrected chi connectivity index (χ0v) is 17.1. The van der Waals surface area contributed by atoms with Crippen LogP contribution >= 0.6 is 0 Å². The van der Waals surface area contributed by atoms with E-state index in [4.69, 9.17) is 4.74 Å². The van der Waals surface area contributed by atoms with Crippen molar-refractivity contribution in [1.82, 2.24) is 0 Å². The number of unbranched alkanes of at least 4 members (excludes halogenated alkanes) is 1.